The number of ether oxygens (including phenoxy) is 2. The minimum Gasteiger partial charge on any atom is -0.506 e. The number of esters is 2. The van der Waals surface area contributed by atoms with Crippen LogP contribution in [0.5, 0.6) is 11.5 Å². The van der Waals surface area contributed by atoms with Crippen molar-refractivity contribution < 1.29 is 49.9 Å². The van der Waals surface area contributed by atoms with Gasteiger partial charge in [0.15, 0.2) is 5.75 Å². The summed E-state index contributed by atoms with van der Waals surface area (Å²) in [5.41, 5.74) is -5.28. The predicted molar refractivity (Wildman–Crippen MR) is 112 cm³/mol. The zero-order valence-corrected chi connectivity index (χ0v) is 19.3. The van der Waals surface area contributed by atoms with Crippen LogP contribution in [-0.4, -0.2) is 44.2 Å². The normalized spacial score (nSPS) is 11.1. The fourth-order valence-corrected chi connectivity index (χ4v) is 2.85. The Morgan fingerprint density at radius 1 is 0.909 bits per heavy atom. The number of halogens is 5. The standard InChI is InChI=1S/C10H8ClF3O5S.C9H9ClO3/c1-2-18-9(15)6-3-4-8(7(11)5-6)19-20(16,17)10(12,13)14;1-2-13-9(12)6-3-4-8(11)7(10)5-6/h3-5H,2H2,1H3;3-5,11H,2H2,1H3. The molecule has 2 aromatic carbocycles. The van der Waals surface area contributed by atoms with Gasteiger partial charge in [0.2, 0.25) is 0 Å². The quantitative estimate of drug-likeness (QED) is 0.315. The lowest BCUT2D eigenvalue weighted by atomic mass is 10.2. The summed E-state index contributed by atoms with van der Waals surface area (Å²) in [6.45, 7) is 3.70. The van der Waals surface area contributed by atoms with Gasteiger partial charge in [0, 0.05) is 0 Å². The minimum absolute atomic E-state index is 0.0466. The fraction of sp³-hybridized carbons (Fsp3) is 0.263. The second-order valence-corrected chi connectivity index (χ2v) is 8.09. The van der Waals surface area contributed by atoms with Gasteiger partial charge in [-0.05, 0) is 50.2 Å². The van der Waals surface area contributed by atoms with Gasteiger partial charge < -0.3 is 18.8 Å². The van der Waals surface area contributed by atoms with Gasteiger partial charge in [-0.1, -0.05) is 23.2 Å². The van der Waals surface area contributed by atoms with Crippen LogP contribution in [0.2, 0.25) is 10.0 Å². The average molecular weight is 533 g/mol. The summed E-state index contributed by atoms with van der Waals surface area (Å²) in [4.78, 5) is 22.5. The fourth-order valence-electron chi connectivity index (χ4n) is 1.92. The largest absolute Gasteiger partial charge is 0.534 e. The Hall–Kier alpha value is -2.70. The highest BCUT2D eigenvalue weighted by Gasteiger charge is 2.48. The highest BCUT2D eigenvalue weighted by Crippen LogP contribution is 2.32. The second kappa shape index (κ2) is 12.0. The third-order valence-corrected chi connectivity index (χ3v) is 4.95. The van der Waals surface area contributed by atoms with E-state index in [2.05, 4.69) is 8.92 Å². The molecule has 0 bridgehead atoms. The average Bonchev–Trinajstić information content (AvgIpc) is 2.71. The number of benzene rings is 2. The van der Waals surface area contributed by atoms with E-state index in [4.69, 9.17) is 33.0 Å². The third-order valence-electron chi connectivity index (χ3n) is 3.38. The second-order valence-electron chi connectivity index (χ2n) is 5.74. The summed E-state index contributed by atoms with van der Waals surface area (Å²) >= 11 is 11.2. The van der Waals surface area contributed by atoms with E-state index >= 15 is 0 Å². The number of alkyl halides is 3. The monoisotopic (exact) mass is 532 g/mol. The number of carbonyl (C=O) groups is 2. The first-order valence-electron chi connectivity index (χ1n) is 8.86. The molecule has 0 unspecified atom stereocenters. The van der Waals surface area contributed by atoms with Crippen molar-refractivity contribution in [2.24, 2.45) is 0 Å². The van der Waals surface area contributed by atoms with Gasteiger partial charge >= 0.3 is 27.6 Å². The molecule has 0 heterocycles. The smallest absolute Gasteiger partial charge is 0.506 e. The first-order chi connectivity index (χ1) is 15.2. The molecule has 0 saturated heterocycles. The Labute approximate surface area is 196 Å². The molecule has 0 amide bonds. The van der Waals surface area contributed by atoms with E-state index in [-0.39, 0.29) is 22.9 Å². The first kappa shape index (κ1) is 28.3. The zero-order chi connectivity index (χ0) is 25.4. The van der Waals surface area contributed by atoms with Crippen LogP contribution >= 0.6 is 23.2 Å². The Balaban J connectivity index is 0.000000361. The number of rotatable bonds is 6. The van der Waals surface area contributed by atoms with E-state index in [1.165, 1.54) is 18.2 Å². The van der Waals surface area contributed by atoms with Gasteiger partial charge in [-0.3, -0.25) is 0 Å². The summed E-state index contributed by atoms with van der Waals surface area (Å²) in [5, 5.41) is 8.75. The third kappa shape index (κ3) is 8.30. The van der Waals surface area contributed by atoms with Crippen molar-refractivity contribution >= 4 is 45.3 Å². The summed E-state index contributed by atoms with van der Waals surface area (Å²) in [6.07, 6.45) is 0. The van der Waals surface area contributed by atoms with Crippen molar-refractivity contribution in [1.82, 2.24) is 0 Å². The lowest BCUT2D eigenvalue weighted by Gasteiger charge is -2.11. The molecule has 182 valence electrons. The highest BCUT2D eigenvalue weighted by atomic mass is 35.5. The van der Waals surface area contributed by atoms with Gasteiger partial charge in [0.25, 0.3) is 0 Å². The van der Waals surface area contributed by atoms with Gasteiger partial charge in [-0.15, -0.1) is 0 Å². The molecule has 1 N–H and O–H groups in total. The van der Waals surface area contributed by atoms with Gasteiger partial charge in [0.05, 0.1) is 34.4 Å². The molecular formula is C19H17Cl2F3O8S. The number of carbonyl (C=O) groups excluding carboxylic acids is 2. The van der Waals surface area contributed by atoms with E-state index in [0.717, 1.165) is 18.2 Å². The molecule has 2 rings (SSSR count). The molecular weight excluding hydrogens is 516 g/mol. The number of hydrogen-bond acceptors (Lipinski definition) is 8. The summed E-state index contributed by atoms with van der Waals surface area (Å²) in [6, 6.07) is 6.99. The van der Waals surface area contributed by atoms with E-state index in [9.17, 15) is 31.2 Å². The Bertz CT molecular complexity index is 1100. The van der Waals surface area contributed by atoms with Crippen molar-refractivity contribution in [2.75, 3.05) is 13.2 Å². The maximum absolute atomic E-state index is 12.1. The molecule has 0 aliphatic carbocycles. The Kier molecular flexibility index (Phi) is 10.3. The molecule has 0 atom stereocenters. The van der Waals surface area contributed by atoms with Crippen LogP contribution in [0, 0.1) is 0 Å². The maximum Gasteiger partial charge on any atom is 0.534 e. The van der Waals surface area contributed by atoms with Crippen LogP contribution in [-0.2, 0) is 19.6 Å². The molecule has 0 aliphatic heterocycles. The molecule has 33 heavy (non-hydrogen) atoms. The summed E-state index contributed by atoms with van der Waals surface area (Å²) < 4.78 is 71.2. The summed E-state index contributed by atoms with van der Waals surface area (Å²) in [5.74, 6) is -1.98. The minimum atomic E-state index is -5.82. The molecule has 0 aliphatic rings. The highest BCUT2D eigenvalue weighted by molar-refractivity contribution is 7.88. The van der Waals surface area contributed by atoms with E-state index in [1.54, 1.807) is 13.8 Å². The molecule has 0 spiro atoms. The van der Waals surface area contributed by atoms with Crippen molar-refractivity contribution in [3.05, 3.63) is 57.6 Å². The lowest BCUT2D eigenvalue weighted by molar-refractivity contribution is -0.0500. The van der Waals surface area contributed by atoms with Crippen molar-refractivity contribution in [3.8, 4) is 11.5 Å². The van der Waals surface area contributed by atoms with Gasteiger partial charge in [0.1, 0.15) is 5.75 Å². The number of aromatic hydroxyl groups is 1. The Morgan fingerprint density at radius 2 is 1.36 bits per heavy atom. The van der Waals surface area contributed by atoms with Crippen LogP contribution in [0.15, 0.2) is 36.4 Å². The van der Waals surface area contributed by atoms with Crippen LogP contribution in [0.1, 0.15) is 34.6 Å². The topological polar surface area (TPSA) is 116 Å². The van der Waals surface area contributed by atoms with Crippen molar-refractivity contribution in [2.45, 2.75) is 19.4 Å². The molecule has 0 aromatic heterocycles. The first-order valence-corrected chi connectivity index (χ1v) is 11.0. The van der Waals surface area contributed by atoms with Gasteiger partial charge in [-0.2, -0.15) is 21.6 Å². The SMILES string of the molecule is CCOC(=O)c1ccc(O)c(Cl)c1.CCOC(=O)c1ccc(OS(=O)(=O)C(F)(F)F)c(Cl)c1. The van der Waals surface area contributed by atoms with Crippen LogP contribution in [0.25, 0.3) is 0 Å². The molecule has 0 fully saturated rings. The molecule has 0 saturated carbocycles. The van der Waals surface area contributed by atoms with Crippen molar-refractivity contribution in [1.29, 1.82) is 0 Å². The predicted octanol–water partition coefficient (Wildman–Crippen LogP) is 4.97. The van der Waals surface area contributed by atoms with Gasteiger partial charge in [-0.25, -0.2) is 9.59 Å². The molecule has 8 nitrogen and oxygen atoms in total. The van der Waals surface area contributed by atoms with E-state index in [1.807, 2.05) is 0 Å². The van der Waals surface area contributed by atoms with E-state index < -0.39 is 38.3 Å². The van der Waals surface area contributed by atoms with Crippen LogP contribution in [0.3, 0.4) is 0 Å². The molecule has 2 aromatic rings. The summed E-state index contributed by atoms with van der Waals surface area (Å²) in [7, 11) is -5.82. The number of hydrogen-bond donors (Lipinski definition) is 1. The maximum atomic E-state index is 12.1. The van der Waals surface area contributed by atoms with Crippen LogP contribution in [0.4, 0.5) is 13.2 Å². The number of phenolic OH excluding ortho intramolecular Hbond substituents is 1. The molecule has 0 radical (unpaired) electrons. The molecule has 14 heteroatoms. The van der Waals surface area contributed by atoms with Crippen molar-refractivity contribution in [3.63, 3.8) is 0 Å². The lowest BCUT2D eigenvalue weighted by Crippen LogP contribution is -2.28. The van der Waals surface area contributed by atoms with Crippen LogP contribution < -0.4 is 4.18 Å². The van der Waals surface area contributed by atoms with E-state index in [0.29, 0.717) is 12.2 Å². The number of phenols is 1. The zero-order valence-electron chi connectivity index (χ0n) is 17.0. The Morgan fingerprint density at radius 3 is 1.76 bits per heavy atom.